The van der Waals surface area contributed by atoms with Gasteiger partial charge in [-0.05, 0) is 38.0 Å². The van der Waals surface area contributed by atoms with Crippen molar-refractivity contribution in [2.24, 2.45) is 0 Å². The van der Waals surface area contributed by atoms with Crippen LogP contribution in [-0.4, -0.2) is 22.5 Å². The number of carbonyl (C=O) groups is 1. The zero-order valence-corrected chi connectivity index (χ0v) is 15.1. The first-order chi connectivity index (χ1) is 12.5. The topological polar surface area (TPSA) is 103 Å². The van der Waals surface area contributed by atoms with Gasteiger partial charge in [-0.1, -0.05) is 19.1 Å². The van der Waals surface area contributed by atoms with Crippen LogP contribution in [0.2, 0.25) is 0 Å². The van der Waals surface area contributed by atoms with Crippen molar-refractivity contribution in [1.29, 1.82) is 0 Å². The molecule has 26 heavy (non-hydrogen) atoms. The molecule has 0 bridgehead atoms. The highest BCUT2D eigenvalue weighted by Gasteiger charge is 2.23. The minimum atomic E-state index is -0.485. The zero-order valence-electron chi connectivity index (χ0n) is 15.1. The lowest BCUT2D eigenvalue weighted by Gasteiger charge is -2.07. The van der Waals surface area contributed by atoms with Gasteiger partial charge in [0.15, 0.2) is 5.82 Å². The lowest BCUT2D eigenvalue weighted by atomic mass is 10.1. The van der Waals surface area contributed by atoms with E-state index >= 15 is 0 Å². The van der Waals surface area contributed by atoms with E-state index in [4.69, 9.17) is 14.9 Å². The smallest absolute Gasteiger partial charge is 0.342 e. The zero-order chi connectivity index (χ0) is 18.7. The van der Waals surface area contributed by atoms with Crippen LogP contribution in [0.15, 0.2) is 28.7 Å². The fraction of sp³-hybridized carbons (Fsp3) is 0.316. The van der Waals surface area contributed by atoms with Gasteiger partial charge in [-0.2, -0.15) is 4.98 Å². The van der Waals surface area contributed by atoms with Crippen molar-refractivity contribution in [2.75, 3.05) is 17.7 Å². The summed E-state index contributed by atoms with van der Waals surface area (Å²) in [5.74, 6) is 0.618. The molecule has 136 valence electrons. The van der Waals surface area contributed by atoms with Crippen LogP contribution in [0.5, 0.6) is 0 Å². The molecule has 2 aromatic heterocycles. The van der Waals surface area contributed by atoms with Crippen molar-refractivity contribution in [3.63, 3.8) is 0 Å². The number of ether oxygens (including phenoxy) is 1. The van der Waals surface area contributed by atoms with Crippen molar-refractivity contribution in [2.45, 2.75) is 33.7 Å². The summed E-state index contributed by atoms with van der Waals surface area (Å²) < 4.78 is 10.7. The SMILES string of the molecule is CCOC(=O)c1c(C)oc2nc(CNc3ccc(CC)cc3)nc(N)c12. The summed E-state index contributed by atoms with van der Waals surface area (Å²) >= 11 is 0. The third kappa shape index (κ3) is 3.46. The van der Waals surface area contributed by atoms with Gasteiger partial charge >= 0.3 is 5.97 Å². The number of furan rings is 1. The average Bonchev–Trinajstić information content (AvgIpc) is 2.97. The lowest BCUT2D eigenvalue weighted by molar-refractivity contribution is 0.0526. The van der Waals surface area contributed by atoms with Crippen molar-refractivity contribution < 1.29 is 13.9 Å². The molecule has 0 atom stereocenters. The summed E-state index contributed by atoms with van der Waals surface area (Å²) in [7, 11) is 0. The lowest BCUT2D eigenvalue weighted by Crippen LogP contribution is -2.09. The summed E-state index contributed by atoms with van der Waals surface area (Å²) in [5.41, 5.74) is 8.88. The number of benzene rings is 1. The molecule has 3 aromatic rings. The van der Waals surface area contributed by atoms with Crippen molar-refractivity contribution in [1.82, 2.24) is 9.97 Å². The van der Waals surface area contributed by atoms with E-state index in [1.165, 1.54) is 5.56 Å². The molecule has 0 radical (unpaired) electrons. The van der Waals surface area contributed by atoms with E-state index < -0.39 is 5.97 Å². The number of esters is 1. The molecule has 0 unspecified atom stereocenters. The maximum absolute atomic E-state index is 12.1. The molecule has 3 N–H and O–H groups in total. The quantitative estimate of drug-likeness (QED) is 0.653. The normalized spacial score (nSPS) is 10.9. The largest absolute Gasteiger partial charge is 0.462 e. The number of carbonyl (C=O) groups excluding carboxylic acids is 1. The summed E-state index contributed by atoms with van der Waals surface area (Å²) in [4.78, 5) is 20.8. The molecule has 7 heteroatoms. The van der Waals surface area contributed by atoms with Crippen LogP contribution in [0.25, 0.3) is 11.1 Å². The first-order valence-electron chi connectivity index (χ1n) is 8.58. The third-order valence-electron chi connectivity index (χ3n) is 4.09. The maximum atomic E-state index is 12.1. The predicted octanol–water partition coefficient (Wildman–Crippen LogP) is 3.46. The van der Waals surface area contributed by atoms with Crippen molar-refractivity contribution >= 4 is 28.6 Å². The number of aryl methyl sites for hydroxylation is 2. The molecule has 0 saturated carbocycles. The van der Waals surface area contributed by atoms with Gasteiger partial charge in [0, 0.05) is 5.69 Å². The molecule has 0 saturated heterocycles. The number of nitrogen functional groups attached to an aromatic ring is 1. The molecule has 0 aliphatic rings. The Labute approximate surface area is 151 Å². The number of nitrogens with two attached hydrogens (primary N) is 1. The molecular weight excluding hydrogens is 332 g/mol. The van der Waals surface area contributed by atoms with E-state index in [0.29, 0.717) is 23.5 Å². The Kier molecular flexibility index (Phi) is 5.06. The average molecular weight is 354 g/mol. The number of fused-ring (bicyclic) bond motifs is 1. The van der Waals surface area contributed by atoms with Crippen LogP contribution in [0.3, 0.4) is 0 Å². The molecule has 2 heterocycles. The highest BCUT2D eigenvalue weighted by molar-refractivity contribution is 6.07. The van der Waals surface area contributed by atoms with Crippen LogP contribution in [0.4, 0.5) is 11.5 Å². The number of aromatic nitrogens is 2. The van der Waals surface area contributed by atoms with Gasteiger partial charge < -0.3 is 20.2 Å². The second-order valence-corrected chi connectivity index (χ2v) is 5.86. The number of hydrogen-bond donors (Lipinski definition) is 2. The molecule has 1 aromatic carbocycles. The van der Waals surface area contributed by atoms with Crippen molar-refractivity contribution in [3.8, 4) is 0 Å². The Bertz CT molecular complexity index is 932. The maximum Gasteiger partial charge on any atom is 0.342 e. The minimum absolute atomic E-state index is 0.202. The van der Waals surface area contributed by atoms with Gasteiger partial charge in [0.2, 0.25) is 5.71 Å². The molecule has 0 aliphatic heterocycles. The van der Waals surface area contributed by atoms with Gasteiger partial charge in [-0.25, -0.2) is 9.78 Å². The second-order valence-electron chi connectivity index (χ2n) is 5.86. The highest BCUT2D eigenvalue weighted by atomic mass is 16.5. The fourth-order valence-corrected chi connectivity index (χ4v) is 2.75. The van der Waals surface area contributed by atoms with Crippen LogP contribution in [0, 0.1) is 6.92 Å². The van der Waals surface area contributed by atoms with Crippen LogP contribution in [-0.2, 0) is 17.7 Å². The summed E-state index contributed by atoms with van der Waals surface area (Å²) in [6, 6.07) is 8.16. The Balaban J connectivity index is 1.85. The molecule has 0 aliphatic carbocycles. The first-order valence-corrected chi connectivity index (χ1v) is 8.58. The standard InChI is InChI=1S/C19H22N4O3/c1-4-12-6-8-13(9-7-12)21-10-14-22-17(20)16-15(19(24)25-5-2)11(3)26-18(16)23-14/h6-9,21H,4-5,10H2,1-3H3,(H2,20,22,23). The van der Waals surface area contributed by atoms with E-state index in [0.717, 1.165) is 12.1 Å². The third-order valence-corrected chi connectivity index (χ3v) is 4.09. The minimum Gasteiger partial charge on any atom is -0.462 e. The Morgan fingerprint density at radius 3 is 2.62 bits per heavy atom. The Morgan fingerprint density at radius 2 is 1.96 bits per heavy atom. The summed E-state index contributed by atoms with van der Waals surface area (Å²) in [6.45, 7) is 6.20. The van der Waals surface area contributed by atoms with E-state index in [9.17, 15) is 4.79 Å². The number of anilines is 2. The van der Waals surface area contributed by atoms with Crippen LogP contribution >= 0.6 is 0 Å². The summed E-state index contributed by atoms with van der Waals surface area (Å²) in [6.07, 6.45) is 0.997. The summed E-state index contributed by atoms with van der Waals surface area (Å²) in [5, 5.41) is 3.65. The number of rotatable bonds is 6. The van der Waals surface area contributed by atoms with Crippen LogP contribution in [0.1, 0.15) is 41.4 Å². The van der Waals surface area contributed by atoms with Gasteiger partial charge in [0.1, 0.15) is 17.1 Å². The number of nitrogens with zero attached hydrogens (tertiary/aromatic N) is 2. The van der Waals surface area contributed by atoms with Gasteiger partial charge in [-0.15, -0.1) is 0 Å². The van der Waals surface area contributed by atoms with E-state index in [-0.39, 0.29) is 23.7 Å². The van der Waals surface area contributed by atoms with E-state index in [1.54, 1.807) is 13.8 Å². The van der Waals surface area contributed by atoms with E-state index in [2.05, 4.69) is 34.3 Å². The predicted molar refractivity (Wildman–Crippen MR) is 100 cm³/mol. The van der Waals surface area contributed by atoms with Gasteiger partial charge in [-0.3, -0.25) is 0 Å². The second kappa shape index (κ2) is 7.43. The fourth-order valence-electron chi connectivity index (χ4n) is 2.75. The van der Waals surface area contributed by atoms with Gasteiger partial charge in [0.05, 0.1) is 18.5 Å². The number of nitrogens with one attached hydrogen (secondary N) is 1. The van der Waals surface area contributed by atoms with E-state index in [1.807, 2.05) is 12.1 Å². The number of hydrogen-bond acceptors (Lipinski definition) is 7. The van der Waals surface area contributed by atoms with Gasteiger partial charge in [0.25, 0.3) is 0 Å². The Hall–Kier alpha value is -3.09. The monoisotopic (exact) mass is 354 g/mol. The van der Waals surface area contributed by atoms with Crippen molar-refractivity contribution in [3.05, 3.63) is 47.0 Å². The highest BCUT2D eigenvalue weighted by Crippen LogP contribution is 2.29. The molecule has 3 rings (SSSR count). The Morgan fingerprint density at radius 1 is 1.23 bits per heavy atom. The molecular formula is C19H22N4O3. The molecule has 0 spiro atoms. The molecule has 0 fully saturated rings. The molecule has 0 amide bonds. The van der Waals surface area contributed by atoms with Crippen LogP contribution < -0.4 is 11.1 Å². The molecule has 7 nitrogen and oxygen atoms in total. The first kappa shape index (κ1) is 17.7.